The van der Waals surface area contributed by atoms with Gasteiger partial charge in [0.05, 0.1) is 0 Å². The smallest absolute Gasteiger partial charge is 0.190 e. The summed E-state index contributed by atoms with van der Waals surface area (Å²) in [5.41, 5.74) is 0.0982. The third kappa shape index (κ3) is 2.89. The number of hydrogen-bond donors (Lipinski definition) is 0. The summed E-state index contributed by atoms with van der Waals surface area (Å²) in [6.45, 7) is 6.60. The van der Waals surface area contributed by atoms with E-state index in [1.165, 1.54) is 0 Å². The Kier molecular flexibility index (Phi) is 3.91. The van der Waals surface area contributed by atoms with Gasteiger partial charge in [0.1, 0.15) is 0 Å². The summed E-state index contributed by atoms with van der Waals surface area (Å²) in [4.78, 5) is 0. The predicted molar refractivity (Wildman–Crippen MR) is 56.7 cm³/mol. The molecule has 0 aromatic heterocycles. The van der Waals surface area contributed by atoms with Gasteiger partial charge in [-0.05, 0) is 24.2 Å². The van der Waals surface area contributed by atoms with Crippen LogP contribution in [0, 0.1) is 11.3 Å². The standard InChI is InChI=1S/C9H18F2N2O2S/c1-9(2,3)8-4-6-12(7-5-8)16(14,15)13(10)11/h8H,4-7H2,1-3H3. The fourth-order valence-electron chi connectivity index (χ4n) is 2.04. The Morgan fingerprint density at radius 1 is 1.19 bits per heavy atom. The molecule has 0 bridgehead atoms. The third-order valence-electron chi connectivity index (χ3n) is 3.18. The summed E-state index contributed by atoms with van der Waals surface area (Å²) in [5, 5.41) is 0. The lowest BCUT2D eigenvalue weighted by molar-refractivity contribution is -0.0618. The SMILES string of the molecule is CC(C)(C)C1CCN(S(=O)(=O)N(F)F)CC1. The molecule has 0 aromatic carbocycles. The maximum Gasteiger partial charge on any atom is 0.336 e. The highest BCUT2D eigenvalue weighted by atomic mass is 32.2. The van der Waals surface area contributed by atoms with Crippen LogP contribution in [0.5, 0.6) is 0 Å². The van der Waals surface area contributed by atoms with Gasteiger partial charge in [-0.2, -0.15) is 12.7 Å². The van der Waals surface area contributed by atoms with Gasteiger partial charge in [0.25, 0.3) is 0 Å². The topological polar surface area (TPSA) is 40.6 Å². The van der Waals surface area contributed by atoms with Gasteiger partial charge < -0.3 is 0 Å². The van der Waals surface area contributed by atoms with Crippen molar-refractivity contribution in [3.63, 3.8) is 0 Å². The van der Waals surface area contributed by atoms with Crippen molar-refractivity contribution in [1.82, 2.24) is 9.05 Å². The molecule has 0 atom stereocenters. The van der Waals surface area contributed by atoms with Crippen LogP contribution in [-0.2, 0) is 10.2 Å². The van der Waals surface area contributed by atoms with E-state index in [1.807, 2.05) is 0 Å². The summed E-state index contributed by atoms with van der Waals surface area (Å²) in [6.07, 6.45) is 1.27. The van der Waals surface area contributed by atoms with Crippen molar-refractivity contribution in [1.29, 1.82) is 0 Å². The van der Waals surface area contributed by atoms with Crippen molar-refractivity contribution in [3.05, 3.63) is 0 Å². The van der Waals surface area contributed by atoms with E-state index in [1.54, 1.807) is 0 Å². The minimum Gasteiger partial charge on any atom is -0.190 e. The van der Waals surface area contributed by atoms with Crippen molar-refractivity contribution in [3.8, 4) is 0 Å². The third-order valence-corrected chi connectivity index (χ3v) is 4.55. The van der Waals surface area contributed by atoms with Crippen molar-refractivity contribution >= 4 is 10.2 Å². The molecule has 4 nitrogen and oxygen atoms in total. The molecular weight excluding hydrogens is 238 g/mol. The van der Waals surface area contributed by atoms with Crippen LogP contribution in [0.15, 0.2) is 0 Å². The first-order chi connectivity index (χ1) is 7.15. The first-order valence-corrected chi connectivity index (χ1v) is 6.67. The van der Waals surface area contributed by atoms with Crippen LogP contribution in [0.4, 0.5) is 8.96 Å². The van der Waals surface area contributed by atoms with Gasteiger partial charge >= 0.3 is 10.2 Å². The van der Waals surface area contributed by atoms with Crippen molar-refractivity contribution < 1.29 is 17.4 Å². The van der Waals surface area contributed by atoms with Crippen molar-refractivity contribution in [2.75, 3.05) is 13.1 Å². The summed E-state index contributed by atoms with van der Waals surface area (Å²) in [5.74, 6) is 0.381. The molecule has 1 aliphatic heterocycles. The molecule has 0 aromatic rings. The molecule has 16 heavy (non-hydrogen) atoms. The molecule has 0 aliphatic carbocycles. The zero-order chi connectivity index (χ0) is 12.6. The lowest BCUT2D eigenvalue weighted by Crippen LogP contribution is -2.44. The molecule has 0 spiro atoms. The molecule has 1 saturated heterocycles. The predicted octanol–water partition coefficient (Wildman–Crippen LogP) is 2.06. The lowest BCUT2D eigenvalue weighted by atomic mass is 9.76. The van der Waals surface area contributed by atoms with E-state index in [2.05, 4.69) is 20.8 Å². The van der Waals surface area contributed by atoms with E-state index in [4.69, 9.17) is 0 Å². The Morgan fingerprint density at radius 2 is 1.62 bits per heavy atom. The Balaban J connectivity index is 2.63. The lowest BCUT2D eigenvalue weighted by Gasteiger charge is -2.37. The zero-order valence-corrected chi connectivity index (χ0v) is 10.6. The van der Waals surface area contributed by atoms with Crippen LogP contribution in [0.2, 0.25) is 0 Å². The Morgan fingerprint density at radius 3 is 1.94 bits per heavy atom. The van der Waals surface area contributed by atoms with E-state index in [-0.39, 0.29) is 18.5 Å². The van der Waals surface area contributed by atoms with Crippen LogP contribution in [-0.4, -0.2) is 30.6 Å². The molecule has 0 N–H and O–H groups in total. The molecule has 7 heteroatoms. The molecule has 96 valence electrons. The Labute approximate surface area is 95.3 Å². The van der Waals surface area contributed by atoms with Crippen LogP contribution >= 0.6 is 0 Å². The average molecular weight is 256 g/mol. The first-order valence-electron chi connectivity index (χ1n) is 5.27. The van der Waals surface area contributed by atoms with Gasteiger partial charge in [0.15, 0.2) is 4.75 Å². The molecule has 0 saturated carbocycles. The number of nitrogens with zero attached hydrogens (tertiary/aromatic N) is 2. The molecule has 0 unspecified atom stereocenters. The maximum atomic E-state index is 12.1. The maximum absolute atomic E-state index is 12.1. The van der Waals surface area contributed by atoms with Gasteiger partial charge in [0, 0.05) is 13.1 Å². The van der Waals surface area contributed by atoms with Gasteiger partial charge in [-0.25, -0.2) is 0 Å². The van der Waals surface area contributed by atoms with Crippen LogP contribution < -0.4 is 0 Å². The van der Waals surface area contributed by atoms with E-state index in [0.29, 0.717) is 18.8 Å². The van der Waals surface area contributed by atoms with Crippen LogP contribution in [0.25, 0.3) is 0 Å². The minimum absolute atomic E-state index is 0.0982. The average Bonchev–Trinajstić information content (AvgIpc) is 2.16. The number of piperidine rings is 1. The first kappa shape index (κ1) is 13.8. The quantitative estimate of drug-likeness (QED) is 0.710. The second-order valence-corrected chi connectivity index (χ2v) is 6.91. The van der Waals surface area contributed by atoms with Crippen LogP contribution in [0.1, 0.15) is 33.6 Å². The fraction of sp³-hybridized carbons (Fsp3) is 1.00. The molecule has 0 radical (unpaired) electrons. The van der Waals surface area contributed by atoms with E-state index in [9.17, 15) is 17.4 Å². The molecule has 1 aliphatic rings. The van der Waals surface area contributed by atoms with Gasteiger partial charge in [-0.3, -0.25) is 0 Å². The summed E-state index contributed by atoms with van der Waals surface area (Å²) >= 11 is 0. The number of halogens is 2. The summed E-state index contributed by atoms with van der Waals surface area (Å²) in [6, 6.07) is 0. The van der Waals surface area contributed by atoms with Gasteiger partial charge in [-0.1, -0.05) is 29.7 Å². The summed E-state index contributed by atoms with van der Waals surface area (Å²) < 4.78 is 45.7. The molecular formula is C9H18F2N2O2S. The molecule has 1 rings (SSSR count). The van der Waals surface area contributed by atoms with E-state index in [0.717, 1.165) is 4.31 Å². The highest BCUT2D eigenvalue weighted by molar-refractivity contribution is 7.86. The largest absolute Gasteiger partial charge is 0.336 e. The molecule has 0 amide bonds. The van der Waals surface area contributed by atoms with Crippen molar-refractivity contribution in [2.24, 2.45) is 11.3 Å². The highest BCUT2D eigenvalue weighted by Crippen LogP contribution is 2.35. The normalized spacial score (nSPS) is 21.6. The summed E-state index contributed by atoms with van der Waals surface area (Å²) in [7, 11) is -4.54. The van der Waals surface area contributed by atoms with E-state index >= 15 is 0 Å². The fourth-order valence-corrected chi connectivity index (χ4v) is 2.89. The molecule has 1 fully saturated rings. The highest BCUT2D eigenvalue weighted by Gasteiger charge is 2.36. The van der Waals surface area contributed by atoms with Crippen LogP contribution in [0.3, 0.4) is 0 Å². The van der Waals surface area contributed by atoms with E-state index < -0.39 is 15.0 Å². The number of hydrogen-bond acceptors (Lipinski definition) is 2. The minimum atomic E-state index is -4.54. The van der Waals surface area contributed by atoms with Crippen molar-refractivity contribution in [2.45, 2.75) is 33.6 Å². The Hall–Kier alpha value is -0.270. The zero-order valence-electron chi connectivity index (χ0n) is 9.78. The Bertz CT molecular complexity index is 330. The molecule has 1 heterocycles. The number of rotatable bonds is 2. The second-order valence-electron chi connectivity index (χ2n) is 5.22. The second kappa shape index (κ2) is 4.54. The van der Waals surface area contributed by atoms with Gasteiger partial charge in [-0.15, -0.1) is 0 Å². The monoisotopic (exact) mass is 256 g/mol. The van der Waals surface area contributed by atoms with Gasteiger partial charge in [0.2, 0.25) is 0 Å².